The van der Waals surface area contributed by atoms with Gasteiger partial charge >= 0.3 is 0 Å². The first-order valence-corrected chi connectivity index (χ1v) is 12.7. The Bertz CT molecular complexity index is 870. The summed E-state index contributed by atoms with van der Waals surface area (Å²) in [4.78, 5) is 13.3. The third-order valence-electron chi connectivity index (χ3n) is 10.6. The van der Waals surface area contributed by atoms with Crippen LogP contribution in [0.1, 0.15) is 71.6 Å². The molecule has 32 heavy (non-hydrogen) atoms. The van der Waals surface area contributed by atoms with Crippen molar-refractivity contribution in [3.05, 3.63) is 12.4 Å². The average Bonchev–Trinajstić information content (AvgIpc) is 3.31. The van der Waals surface area contributed by atoms with Crippen molar-refractivity contribution in [1.82, 2.24) is 9.78 Å². The number of ketones is 1. The molecule has 178 valence electrons. The number of aromatic nitrogens is 2. The predicted molar refractivity (Wildman–Crippen MR) is 124 cm³/mol. The van der Waals surface area contributed by atoms with E-state index in [1.54, 1.807) is 24.2 Å². The second kappa shape index (κ2) is 7.83. The number of carbonyl (C=O) groups is 1. The predicted octanol–water partition coefficient (Wildman–Crippen LogP) is 4.07. The molecular formula is C26H41N3O3. The van der Waals surface area contributed by atoms with Crippen LogP contribution in [0.2, 0.25) is 0 Å². The summed E-state index contributed by atoms with van der Waals surface area (Å²) in [5.74, 6) is 3.16. The number of rotatable bonds is 5. The molecule has 4 fully saturated rings. The molecule has 8 atom stereocenters. The van der Waals surface area contributed by atoms with Crippen LogP contribution in [0.5, 0.6) is 0 Å². The van der Waals surface area contributed by atoms with E-state index in [0.29, 0.717) is 41.9 Å². The van der Waals surface area contributed by atoms with Gasteiger partial charge in [-0.25, -0.2) is 0 Å². The fourth-order valence-electron chi connectivity index (χ4n) is 8.99. The summed E-state index contributed by atoms with van der Waals surface area (Å²) in [7, 11) is 1.70. The molecule has 5 rings (SSSR count). The fraction of sp³-hybridized carbons (Fsp3) is 0.846. The lowest BCUT2D eigenvalue weighted by Crippen LogP contribution is -2.56. The van der Waals surface area contributed by atoms with Crippen molar-refractivity contribution >= 4 is 11.5 Å². The van der Waals surface area contributed by atoms with Gasteiger partial charge < -0.3 is 15.6 Å². The van der Waals surface area contributed by atoms with Gasteiger partial charge in [-0.1, -0.05) is 13.8 Å². The van der Waals surface area contributed by atoms with Crippen LogP contribution in [0.3, 0.4) is 0 Å². The standard InChI is InChI=1S/C26H41N3O3/c1-24-10-11-26(31,16-32-3)12-17(24)4-5-19-20-6-7-22(25(20,2)9-8-21(19)24)23(30)15-29-14-18(27)13-28-29/h13-14,17,19-22,31H,4-12,15-16,27H2,1-3H3/t17-,19-,20-,21-,22+,24-,25-,26+/m0/s1. The normalized spacial score (nSPS) is 45.7. The molecule has 0 bridgehead atoms. The van der Waals surface area contributed by atoms with Crippen molar-refractivity contribution in [2.45, 2.75) is 83.8 Å². The van der Waals surface area contributed by atoms with E-state index < -0.39 is 5.60 Å². The highest BCUT2D eigenvalue weighted by molar-refractivity contribution is 5.82. The van der Waals surface area contributed by atoms with Crippen LogP contribution in [-0.2, 0) is 16.1 Å². The van der Waals surface area contributed by atoms with E-state index in [1.165, 1.54) is 25.7 Å². The zero-order valence-corrected chi connectivity index (χ0v) is 20.1. The minimum Gasteiger partial charge on any atom is -0.396 e. The number of nitrogen functional groups attached to an aromatic ring is 1. The van der Waals surface area contributed by atoms with E-state index in [-0.39, 0.29) is 11.3 Å². The van der Waals surface area contributed by atoms with Crippen molar-refractivity contribution in [3.8, 4) is 0 Å². The van der Waals surface area contributed by atoms with Crippen LogP contribution in [0.25, 0.3) is 0 Å². The molecule has 1 heterocycles. The number of carbonyl (C=O) groups excluding carboxylic acids is 1. The Hall–Kier alpha value is -1.40. The summed E-state index contributed by atoms with van der Waals surface area (Å²) >= 11 is 0. The molecule has 0 aliphatic heterocycles. The van der Waals surface area contributed by atoms with E-state index in [9.17, 15) is 9.90 Å². The van der Waals surface area contributed by atoms with Crippen molar-refractivity contribution in [2.24, 2.45) is 40.4 Å². The molecule has 0 unspecified atom stereocenters. The zero-order valence-electron chi connectivity index (χ0n) is 20.1. The highest BCUT2D eigenvalue weighted by Gasteiger charge is 2.62. The molecule has 0 amide bonds. The molecule has 0 aromatic carbocycles. The van der Waals surface area contributed by atoms with Gasteiger partial charge in [-0.05, 0) is 92.3 Å². The lowest BCUT2D eigenvalue weighted by atomic mass is 9.44. The van der Waals surface area contributed by atoms with Crippen molar-refractivity contribution in [3.63, 3.8) is 0 Å². The van der Waals surface area contributed by atoms with Crippen LogP contribution >= 0.6 is 0 Å². The number of aliphatic hydroxyl groups is 1. The quantitative estimate of drug-likeness (QED) is 0.716. The Kier molecular flexibility index (Phi) is 5.48. The van der Waals surface area contributed by atoms with Gasteiger partial charge in [0, 0.05) is 19.2 Å². The van der Waals surface area contributed by atoms with Gasteiger partial charge in [0.1, 0.15) is 0 Å². The first-order valence-electron chi connectivity index (χ1n) is 12.7. The molecule has 1 aromatic heterocycles. The number of hydrogen-bond acceptors (Lipinski definition) is 5. The Morgan fingerprint density at radius 1 is 1.16 bits per heavy atom. The third kappa shape index (κ3) is 3.44. The molecule has 6 heteroatoms. The second-order valence-corrected chi connectivity index (χ2v) is 12.1. The summed E-state index contributed by atoms with van der Waals surface area (Å²) in [5, 5.41) is 15.3. The maximum absolute atomic E-state index is 13.3. The van der Waals surface area contributed by atoms with Gasteiger partial charge in [-0.3, -0.25) is 9.48 Å². The number of Topliss-reactive ketones (excluding diaryl/α,β-unsaturated/α-hetero) is 1. The molecule has 4 saturated carbocycles. The maximum atomic E-state index is 13.3. The molecule has 6 nitrogen and oxygen atoms in total. The zero-order chi connectivity index (χ0) is 22.7. The summed E-state index contributed by atoms with van der Waals surface area (Å²) in [6, 6.07) is 0. The number of hydrogen-bond donors (Lipinski definition) is 2. The van der Waals surface area contributed by atoms with Gasteiger partial charge in [0.15, 0.2) is 5.78 Å². The maximum Gasteiger partial charge on any atom is 0.157 e. The van der Waals surface area contributed by atoms with E-state index in [0.717, 1.165) is 43.9 Å². The molecule has 0 saturated heterocycles. The molecule has 0 radical (unpaired) electrons. The van der Waals surface area contributed by atoms with Crippen molar-refractivity contribution < 1.29 is 14.6 Å². The number of anilines is 1. The highest BCUT2D eigenvalue weighted by Crippen LogP contribution is 2.68. The Morgan fingerprint density at radius 2 is 1.94 bits per heavy atom. The number of nitrogens with two attached hydrogens (primary N) is 1. The van der Waals surface area contributed by atoms with Gasteiger partial charge in [0.2, 0.25) is 0 Å². The first kappa shape index (κ1) is 22.4. The van der Waals surface area contributed by atoms with Crippen LogP contribution < -0.4 is 5.73 Å². The Labute approximate surface area is 192 Å². The van der Waals surface area contributed by atoms with Gasteiger partial charge in [0.25, 0.3) is 0 Å². The topological polar surface area (TPSA) is 90.4 Å². The number of nitrogens with zero attached hydrogens (tertiary/aromatic N) is 2. The van der Waals surface area contributed by atoms with Gasteiger partial charge in [0.05, 0.1) is 30.6 Å². The number of ether oxygens (including phenoxy) is 1. The summed E-state index contributed by atoms with van der Waals surface area (Å²) in [6.07, 6.45) is 13.3. The fourth-order valence-corrected chi connectivity index (χ4v) is 8.99. The molecule has 0 spiro atoms. The minimum absolute atomic E-state index is 0.117. The monoisotopic (exact) mass is 443 g/mol. The third-order valence-corrected chi connectivity index (χ3v) is 10.6. The van der Waals surface area contributed by atoms with Gasteiger partial charge in [-0.2, -0.15) is 5.10 Å². The molecule has 3 N–H and O–H groups in total. The lowest BCUT2D eigenvalue weighted by molar-refractivity contribution is -0.164. The smallest absolute Gasteiger partial charge is 0.157 e. The number of methoxy groups -OCH3 is 1. The van der Waals surface area contributed by atoms with E-state index in [2.05, 4.69) is 18.9 Å². The van der Waals surface area contributed by atoms with Crippen molar-refractivity contribution in [1.29, 1.82) is 0 Å². The number of fused-ring (bicyclic) bond motifs is 5. The molecule has 4 aliphatic carbocycles. The first-order chi connectivity index (χ1) is 15.2. The second-order valence-electron chi connectivity index (χ2n) is 12.1. The van der Waals surface area contributed by atoms with E-state index in [1.807, 2.05) is 0 Å². The molecule has 1 aromatic rings. The van der Waals surface area contributed by atoms with E-state index >= 15 is 0 Å². The van der Waals surface area contributed by atoms with Crippen molar-refractivity contribution in [2.75, 3.05) is 19.5 Å². The van der Waals surface area contributed by atoms with E-state index in [4.69, 9.17) is 10.5 Å². The lowest BCUT2D eigenvalue weighted by Gasteiger charge is -2.62. The summed E-state index contributed by atoms with van der Waals surface area (Å²) < 4.78 is 7.06. The Balaban J connectivity index is 1.32. The molecular weight excluding hydrogens is 402 g/mol. The Morgan fingerprint density at radius 3 is 2.66 bits per heavy atom. The highest BCUT2D eigenvalue weighted by atomic mass is 16.5. The molecule has 4 aliphatic rings. The van der Waals surface area contributed by atoms with Gasteiger partial charge in [-0.15, -0.1) is 0 Å². The van der Waals surface area contributed by atoms with Crippen LogP contribution in [0, 0.1) is 40.4 Å². The van der Waals surface area contributed by atoms with Crippen LogP contribution in [-0.4, -0.2) is 40.0 Å². The minimum atomic E-state index is -0.643. The van der Waals surface area contributed by atoms with Crippen LogP contribution in [0.4, 0.5) is 5.69 Å². The largest absolute Gasteiger partial charge is 0.396 e. The summed E-state index contributed by atoms with van der Waals surface area (Å²) in [6.45, 7) is 5.73. The SMILES string of the molecule is COC[C@@]1(O)CC[C@@]2(C)[C@@H](CC[C@@H]3[C@@H]2CC[C@]2(C)[C@@H](C(=O)Cn4cc(N)cn4)CC[C@@H]32)C1. The van der Waals surface area contributed by atoms with Crippen LogP contribution in [0.15, 0.2) is 12.4 Å². The average molecular weight is 444 g/mol. The summed E-state index contributed by atoms with van der Waals surface area (Å²) in [5.41, 5.74) is 6.20.